The Bertz CT molecular complexity index is 1130. The van der Waals surface area contributed by atoms with Gasteiger partial charge >= 0.3 is 0 Å². The van der Waals surface area contributed by atoms with E-state index in [1.807, 2.05) is 43.3 Å². The summed E-state index contributed by atoms with van der Waals surface area (Å²) in [5.41, 5.74) is 1.30. The van der Waals surface area contributed by atoms with Crippen molar-refractivity contribution in [2.24, 2.45) is 0 Å². The molecule has 0 aliphatic carbocycles. The zero-order valence-corrected chi connectivity index (χ0v) is 20.7. The fraction of sp³-hybridized carbons (Fsp3) is 0.263. The second-order valence-electron chi connectivity index (χ2n) is 6.64. The summed E-state index contributed by atoms with van der Waals surface area (Å²) >= 11 is 3.48. The van der Waals surface area contributed by atoms with Crippen LogP contribution < -0.4 is 4.90 Å². The number of halogens is 2. The number of nitrogens with zero attached hydrogens (tertiary/aromatic N) is 3. The summed E-state index contributed by atoms with van der Waals surface area (Å²) in [4.78, 5) is 21.8. The highest BCUT2D eigenvalue weighted by molar-refractivity contribution is 14.1. The van der Waals surface area contributed by atoms with E-state index < -0.39 is 9.84 Å². The molecule has 0 spiro atoms. The molecule has 0 saturated carbocycles. The van der Waals surface area contributed by atoms with Crippen molar-refractivity contribution in [3.63, 3.8) is 0 Å². The Morgan fingerprint density at radius 1 is 1.14 bits per heavy atom. The first-order chi connectivity index (χ1) is 13.2. The number of anilines is 1. The number of carbonyl (C=O) groups is 1. The third kappa shape index (κ3) is 5.66. The number of sulfone groups is 1. The molecule has 2 aromatic carbocycles. The Morgan fingerprint density at radius 3 is 2.45 bits per heavy atom. The van der Waals surface area contributed by atoms with Crippen molar-refractivity contribution in [1.82, 2.24) is 9.88 Å². The van der Waals surface area contributed by atoms with Crippen LogP contribution in [0.15, 0.2) is 47.4 Å². The number of carbonyl (C=O) groups excluding carboxylic acids is 1. The van der Waals surface area contributed by atoms with Gasteiger partial charge in [0.05, 0.1) is 20.7 Å². The minimum absolute atomic E-state index is 0. The third-order valence-electron chi connectivity index (χ3n) is 4.13. The fourth-order valence-corrected chi connectivity index (χ4v) is 4.97. The Balaban J connectivity index is 0.00000300. The number of amides is 1. The molecular formula is C19H21ClIN3O3S2. The topological polar surface area (TPSA) is 70.6 Å². The molecule has 0 bridgehead atoms. The van der Waals surface area contributed by atoms with Crippen LogP contribution in [0.5, 0.6) is 0 Å². The van der Waals surface area contributed by atoms with E-state index in [0.29, 0.717) is 29.3 Å². The van der Waals surface area contributed by atoms with Gasteiger partial charge in [-0.1, -0.05) is 23.5 Å². The number of thiazole rings is 1. The van der Waals surface area contributed by atoms with E-state index in [0.717, 1.165) is 8.27 Å². The van der Waals surface area contributed by atoms with Gasteiger partial charge in [0.1, 0.15) is 0 Å². The summed E-state index contributed by atoms with van der Waals surface area (Å²) in [5, 5.41) is 0.562. The van der Waals surface area contributed by atoms with Crippen molar-refractivity contribution in [1.29, 1.82) is 0 Å². The van der Waals surface area contributed by atoms with Gasteiger partial charge in [-0.3, -0.25) is 9.69 Å². The second kappa shape index (κ2) is 9.69. The number of fused-ring (bicyclic) bond motifs is 1. The average Bonchev–Trinajstić information content (AvgIpc) is 3.04. The first-order valence-electron chi connectivity index (χ1n) is 8.48. The molecule has 29 heavy (non-hydrogen) atoms. The lowest BCUT2D eigenvalue weighted by Gasteiger charge is -2.22. The standard InChI is InChI=1S/C19H20IN3O3S2.ClH/c1-22(2)10-11-23(18(24)14-6-4-5-7-15(14)20)19-21-16-9-8-13(28(3,25)26)12-17(16)27-19;/h4-9,12H,10-11H2,1-3H3;1H. The van der Waals surface area contributed by atoms with E-state index in [1.54, 1.807) is 23.1 Å². The molecule has 0 aliphatic rings. The van der Waals surface area contributed by atoms with Gasteiger partial charge in [-0.25, -0.2) is 13.4 Å². The summed E-state index contributed by atoms with van der Waals surface area (Å²) in [6, 6.07) is 12.3. The summed E-state index contributed by atoms with van der Waals surface area (Å²) in [5.74, 6) is -0.116. The first-order valence-corrected chi connectivity index (χ1v) is 12.3. The van der Waals surface area contributed by atoms with Crippen molar-refractivity contribution >= 4 is 77.4 Å². The number of aromatic nitrogens is 1. The molecule has 0 aliphatic heterocycles. The van der Waals surface area contributed by atoms with Gasteiger partial charge in [0.15, 0.2) is 15.0 Å². The molecule has 1 heterocycles. The van der Waals surface area contributed by atoms with Gasteiger partial charge < -0.3 is 4.90 Å². The van der Waals surface area contributed by atoms with E-state index in [1.165, 1.54) is 17.6 Å². The predicted octanol–water partition coefficient (Wildman–Crippen LogP) is 3.93. The minimum Gasteiger partial charge on any atom is -0.308 e. The SMILES string of the molecule is CN(C)CCN(C(=O)c1ccccc1I)c1nc2ccc(S(C)(=O)=O)cc2s1.Cl. The van der Waals surface area contributed by atoms with Gasteiger partial charge in [0.25, 0.3) is 5.91 Å². The molecule has 0 radical (unpaired) electrons. The van der Waals surface area contributed by atoms with E-state index in [2.05, 4.69) is 27.6 Å². The van der Waals surface area contributed by atoms with Crippen molar-refractivity contribution in [3.8, 4) is 0 Å². The molecule has 0 unspecified atom stereocenters. The normalized spacial score (nSPS) is 11.5. The van der Waals surface area contributed by atoms with E-state index in [4.69, 9.17) is 0 Å². The van der Waals surface area contributed by atoms with Crippen molar-refractivity contribution in [2.75, 3.05) is 38.3 Å². The third-order valence-corrected chi connectivity index (χ3v) is 7.22. The molecule has 156 valence electrons. The second-order valence-corrected chi connectivity index (χ2v) is 10.8. The van der Waals surface area contributed by atoms with Crippen LogP contribution in [0.4, 0.5) is 5.13 Å². The maximum absolute atomic E-state index is 13.3. The van der Waals surface area contributed by atoms with Crippen molar-refractivity contribution in [3.05, 3.63) is 51.6 Å². The lowest BCUT2D eigenvalue weighted by atomic mass is 10.2. The highest BCUT2D eigenvalue weighted by atomic mass is 127. The average molecular weight is 566 g/mol. The molecule has 6 nitrogen and oxygen atoms in total. The molecule has 0 fully saturated rings. The molecule has 0 N–H and O–H groups in total. The van der Waals surface area contributed by atoms with Gasteiger partial charge in [-0.15, -0.1) is 12.4 Å². The molecule has 3 aromatic rings. The highest BCUT2D eigenvalue weighted by Gasteiger charge is 2.23. The van der Waals surface area contributed by atoms with Crippen LogP contribution in [0.3, 0.4) is 0 Å². The smallest absolute Gasteiger partial charge is 0.261 e. The highest BCUT2D eigenvalue weighted by Crippen LogP contribution is 2.31. The van der Waals surface area contributed by atoms with E-state index in [9.17, 15) is 13.2 Å². The summed E-state index contributed by atoms with van der Waals surface area (Å²) in [6.07, 6.45) is 1.18. The molecule has 3 rings (SSSR count). The van der Waals surface area contributed by atoms with E-state index in [-0.39, 0.29) is 23.2 Å². The molecule has 1 aromatic heterocycles. The predicted molar refractivity (Wildman–Crippen MR) is 129 cm³/mol. The van der Waals surface area contributed by atoms with Gasteiger partial charge in [0.2, 0.25) is 0 Å². The van der Waals surface area contributed by atoms with E-state index >= 15 is 0 Å². The summed E-state index contributed by atoms with van der Waals surface area (Å²) in [6.45, 7) is 1.16. The monoisotopic (exact) mass is 565 g/mol. The van der Waals surface area contributed by atoms with Crippen LogP contribution in [-0.4, -0.2) is 57.6 Å². The Labute approximate surface area is 194 Å². The molecule has 0 saturated heterocycles. The first kappa shape index (κ1) is 24.0. The van der Waals surface area contributed by atoms with Crippen LogP contribution in [-0.2, 0) is 9.84 Å². The number of hydrogen-bond donors (Lipinski definition) is 0. The van der Waals surface area contributed by atoms with Crippen molar-refractivity contribution < 1.29 is 13.2 Å². The van der Waals surface area contributed by atoms with Crippen LogP contribution in [0.25, 0.3) is 10.2 Å². The maximum atomic E-state index is 13.3. The maximum Gasteiger partial charge on any atom is 0.261 e. The van der Waals surface area contributed by atoms with Crippen LogP contribution >= 0.6 is 46.3 Å². The quantitative estimate of drug-likeness (QED) is 0.424. The van der Waals surface area contributed by atoms with Gasteiger partial charge in [-0.2, -0.15) is 0 Å². The van der Waals surface area contributed by atoms with Gasteiger partial charge in [-0.05, 0) is 67.0 Å². The van der Waals surface area contributed by atoms with Crippen LogP contribution in [0.1, 0.15) is 10.4 Å². The summed E-state index contributed by atoms with van der Waals surface area (Å²) in [7, 11) is 0.599. The number of hydrogen-bond acceptors (Lipinski definition) is 6. The van der Waals surface area contributed by atoms with Crippen LogP contribution in [0.2, 0.25) is 0 Å². The Morgan fingerprint density at radius 2 is 1.83 bits per heavy atom. The largest absolute Gasteiger partial charge is 0.308 e. The number of likely N-dealkylation sites (N-methyl/N-ethyl adjacent to an activating group) is 1. The zero-order valence-electron chi connectivity index (χ0n) is 16.1. The molecule has 0 atom stereocenters. The minimum atomic E-state index is -3.30. The lowest BCUT2D eigenvalue weighted by Crippen LogP contribution is -2.37. The fourth-order valence-electron chi connectivity index (χ4n) is 2.60. The molecule has 10 heteroatoms. The Kier molecular flexibility index (Phi) is 8.02. The Hall–Kier alpha value is -1.27. The molecule has 1 amide bonds. The van der Waals surface area contributed by atoms with Crippen molar-refractivity contribution in [2.45, 2.75) is 4.90 Å². The molecular weight excluding hydrogens is 545 g/mol. The number of rotatable bonds is 6. The number of benzene rings is 2. The zero-order chi connectivity index (χ0) is 20.5. The lowest BCUT2D eigenvalue weighted by molar-refractivity contribution is 0.0984. The van der Waals surface area contributed by atoms with Gasteiger partial charge in [0, 0.05) is 22.9 Å². The summed E-state index contributed by atoms with van der Waals surface area (Å²) < 4.78 is 25.3. The van der Waals surface area contributed by atoms with Crippen LogP contribution in [0, 0.1) is 3.57 Å².